The van der Waals surface area contributed by atoms with E-state index in [1.54, 1.807) is 21.3 Å². The Bertz CT molecular complexity index is 237. The maximum absolute atomic E-state index is 5.45. The number of hydrogen-bond acceptors (Lipinski definition) is 3. The summed E-state index contributed by atoms with van der Waals surface area (Å²) in [4.78, 5) is 0. The summed E-state index contributed by atoms with van der Waals surface area (Å²) in [5, 5.41) is 0. The molecule has 146 valence electrons. The minimum atomic E-state index is -2.32. The van der Waals surface area contributed by atoms with Gasteiger partial charge in [0.25, 0.3) is 0 Å². The molecule has 0 fully saturated rings. The molecule has 0 radical (unpaired) electrons. The Morgan fingerprint density at radius 2 is 0.750 bits per heavy atom. The van der Waals surface area contributed by atoms with Gasteiger partial charge in [-0.05, 0) is 6.42 Å². The van der Waals surface area contributed by atoms with Crippen molar-refractivity contribution in [2.75, 3.05) is 21.3 Å². The van der Waals surface area contributed by atoms with Crippen molar-refractivity contribution in [3.63, 3.8) is 0 Å². The standard InChI is InChI=1S/C20H44O3Si/c1-5-6-7-8-9-10-11-12-13-14-15-16-17-18-19-20-24(21-2,22-3)23-4/h5-20H2,1-4H3. The van der Waals surface area contributed by atoms with E-state index in [0.29, 0.717) is 0 Å². The van der Waals surface area contributed by atoms with E-state index in [0.717, 1.165) is 12.5 Å². The summed E-state index contributed by atoms with van der Waals surface area (Å²) in [6.45, 7) is 2.29. The van der Waals surface area contributed by atoms with Crippen LogP contribution in [0, 0.1) is 0 Å². The maximum Gasteiger partial charge on any atom is 0.500 e. The van der Waals surface area contributed by atoms with Crippen molar-refractivity contribution >= 4 is 8.80 Å². The van der Waals surface area contributed by atoms with Crippen molar-refractivity contribution in [2.45, 2.75) is 109 Å². The van der Waals surface area contributed by atoms with E-state index in [4.69, 9.17) is 13.3 Å². The van der Waals surface area contributed by atoms with Gasteiger partial charge < -0.3 is 13.3 Å². The lowest BCUT2D eigenvalue weighted by molar-refractivity contribution is 0.122. The van der Waals surface area contributed by atoms with E-state index in [-0.39, 0.29) is 0 Å². The molecule has 0 heterocycles. The lowest BCUT2D eigenvalue weighted by atomic mass is 10.0. The molecule has 0 N–H and O–H groups in total. The highest BCUT2D eigenvalue weighted by atomic mass is 28.4. The van der Waals surface area contributed by atoms with Gasteiger partial charge in [-0.15, -0.1) is 0 Å². The van der Waals surface area contributed by atoms with Gasteiger partial charge in [0.05, 0.1) is 0 Å². The topological polar surface area (TPSA) is 27.7 Å². The van der Waals surface area contributed by atoms with Crippen LogP contribution in [0.5, 0.6) is 0 Å². The Morgan fingerprint density at radius 1 is 0.458 bits per heavy atom. The molecule has 0 aliphatic heterocycles. The molecule has 0 rings (SSSR count). The van der Waals surface area contributed by atoms with Gasteiger partial charge in [-0.3, -0.25) is 0 Å². The van der Waals surface area contributed by atoms with Gasteiger partial charge in [-0.2, -0.15) is 0 Å². The van der Waals surface area contributed by atoms with Crippen molar-refractivity contribution in [2.24, 2.45) is 0 Å². The first-order chi connectivity index (χ1) is 11.7. The summed E-state index contributed by atoms with van der Waals surface area (Å²) in [5.74, 6) is 0. The molecule has 0 atom stereocenters. The van der Waals surface area contributed by atoms with Crippen LogP contribution >= 0.6 is 0 Å². The van der Waals surface area contributed by atoms with E-state index in [2.05, 4.69) is 6.92 Å². The molecule has 0 bridgehead atoms. The number of rotatable bonds is 19. The average molecular weight is 361 g/mol. The Labute approximate surface area is 153 Å². The first kappa shape index (κ1) is 24.1. The molecule has 0 saturated heterocycles. The van der Waals surface area contributed by atoms with Crippen molar-refractivity contribution in [3.05, 3.63) is 0 Å². The number of hydrogen-bond donors (Lipinski definition) is 0. The zero-order chi connectivity index (χ0) is 17.9. The van der Waals surface area contributed by atoms with Gasteiger partial charge in [0.2, 0.25) is 0 Å². The third-order valence-corrected chi connectivity index (χ3v) is 7.85. The van der Waals surface area contributed by atoms with E-state index >= 15 is 0 Å². The van der Waals surface area contributed by atoms with E-state index in [1.165, 1.54) is 89.9 Å². The average Bonchev–Trinajstić information content (AvgIpc) is 2.62. The zero-order valence-corrected chi connectivity index (χ0v) is 18.0. The highest BCUT2D eigenvalue weighted by molar-refractivity contribution is 6.60. The van der Waals surface area contributed by atoms with Crippen LogP contribution in [-0.2, 0) is 13.3 Å². The smallest absolute Gasteiger partial charge is 0.377 e. The predicted molar refractivity (Wildman–Crippen MR) is 107 cm³/mol. The lowest BCUT2D eigenvalue weighted by Gasteiger charge is -2.24. The molecule has 0 aromatic rings. The molecule has 24 heavy (non-hydrogen) atoms. The molecule has 3 nitrogen and oxygen atoms in total. The molecule has 0 aromatic heterocycles. The van der Waals surface area contributed by atoms with Gasteiger partial charge in [-0.1, -0.05) is 96.8 Å². The Balaban J connectivity index is 3.23. The Kier molecular flexibility index (Phi) is 18.0. The predicted octanol–water partition coefficient (Wildman–Crippen LogP) is 6.74. The third-order valence-electron chi connectivity index (χ3n) is 5.02. The molecule has 0 saturated carbocycles. The van der Waals surface area contributed by atoms with Crippen LogP contribution in [0.1, 0.15) is 103 Å². The first-order valence-electron chi connectivity index (χ1n) is 10.4. The molecule has 0 spiro atoms. The molecular weight excluding hydrogens is 316 g/mol. The van der Waals surface area contributed by atoms with Crippen molar-refractivity contribution < 1.29 is 13.3 Å². The van der Waals surface area contributed by atoms with Gasteiger partial charge in [0.15, 0.2) is 0 Å². The second kappa shape index (κ2) is 17.9. The van der Waals surface area contributed by atoms with Crippen LogP contribution < -0.4 is 0 Å². The molecular formula is C20H44O3Si. The summed E-state index contributed by atoms with van der Waals surface area (Å²) in [6.07, 6.45) is 20.8. The zero-order valence-electron chi connectivity index (χ0n) is 17.0. The molecule has 0 aromatic carbocycles. The summed E-state index contributed by atoms with van der Waals surface area (Å²) in [5.41, 5.74) is 0. The highest BCUT2D eigenvalue weighted by Gasteiger charge is 2.36. The van der Waals surface area contributed by atoms with Gasteiger partial charge >= 0.3 is 8.80 Å². The van der Waals surface area contributed by atoms with Gasteiger partial charge in [0.1, 0.15) is 0 Å². The van der Waals surface area contributed by atoms with Crippen LogP contribution in [0.25, 0.3) is 0 Å². The van der Waals surface area contributed by atoms with Crippen LogP contribution in [-0.4, -0.2) is 30.1 Å². The summed E-state index contributed by atoms with van der Waals surface area (Å²) >= 11 is 0. The molecule has 4 heteroatoms. The number of unbranched alkanes of at least 4 members (excludes halogenated alkanes) is 14. The van der Waals surface area contributed by atoms with E-state index < -0.39 is 8.80 Å². The fourth-order valence-corrected chi connectivity index (χ4v) is 5.06. The van der Waals surface area contributed by atoms with Crippen molar-refractivity contribution in [3.8, 4) is 0 Å². The highest BCUT2D eigenvalue weighted by Crippen LogP contribution is 2.18. The second-order valence-electron chi connectivity index (χ2n) is 7.00. The third kappa shape index (κ3) is 13.4. The molecule has 0 unspecified atom stereocenters. The molecule has 0 aliphatic rings. The lowest BCUT2D eigenvalue weighted by Crippen LogP contribution is -2.42. The van der Waals surface area contributed by atoms with Crippen molar-refractivity contribution in [1.82, 2.24) is 0 Å². The normalized spacial score (nSPS) is 12.0. The molecule has 0 aliphatic carbocycles. The summed E-state index contributed by atoms with van der Waals surface area (Å²) in [6, 6.07) is 0.939. The minimum absolute atomic E-state index is 0.939. The monoisotopic (exact) mass is 360 g/mol. The summed E-state index contributed by atoms with van der Waals surface area (Å²) < 4.78 is 16.3. The van der Waals surface area contributed by atoms with Crippen molar-refractivity contribution in [1.29, 1.82) is 0 Å². The van der Waals surface area contributed by atoms with E-state index in [9.17, 15) is 0 Å². The summed E-state index contributed by atoms with van der Waals surface area (Å²) in [7, 11) is 2.77. The fourth-order valence-electron chi connectivity index (χ4n) is 3.27. The largest absolute Gasteiger partial charge is 0.500 e. The Hall–Kier alpha value is 0.0969. The SMILES string of the molecule is CCCCCCCCCCCCCCCCC[Si](OC)(OC)OC. The maximum atomic E-state index is 5.45. The minimum Gasteiger partial charge on any atom is -0.377 e. The van der Waals surface area contributed by atoms with Crippen LogP contribution in [0.2, 0.25) is 6.04 Å². The van der Waals surface area contributed by atoms with Crippen LogP contribution in [0.3, 0.4) is 0 Å². The van der Waals surface area contributed by atoms with Crippen LogP contribution in [0.4, 0.5) is 0 Å². The first-order valence-corrected chi connectivity index (χ1v) is 12.3. The van der Waals surface area contributed by atoms with Crippen LogP contribution in [0.15, 0.2) is 0 Å². The fraction of sp³-hybridized carbons (Fsp3) is 1.00. The van der Waals surface area contributed by atoms with Gasteiger partial charge in [-0.25, -0.2) is 0 Å². The molecule has 0 amide bonds. The Morgan fingerprint density at radius 3 is 1.04 bits per heavy atom. The second-order valence-corrected chi connectivity index (χ2v) is 10.1. The van der Waals surface area contributed by atoms with E-state index in [1.807, 2.05) is 0 Å². The quantitative estimate of drug-likeness (QED) is 0.189. The van der Waals surface area contributed by atoms with Gasteiger partial charge in [0, 0.05) is 27.4 Å².